The molecule has 54 heavy (non-hydrogen) atoms. The van der Waals surface area contributed by atoms with Gasteiger partial charge in [-0.3, -0.25) is 9.80 Å². The maximum absolute atomic E-state index is 11.1. The molecule has 1 aliphatic carbocycles. The summed E-state index contributed by atoms with van der Waals surface area (Å²) in [6, 6.07) is 21.1. The number of rotatable bonds is 10. The molecule has 1 saturated carbocycles. The lowest BCUT2D eigenvalue weighted by Crippen LogP contribution is -2.34. The minimum atomic E-state index is -0.601. The standard InChI is InChI=1S/C45H54N2O7/c1-46-19-17-31-24-39(50-4)41-26-35(31)36(46)21-29-11-14-34(15-12-29)53-40-23-30(13-16-38(40)49-3)22-37-43-32(18-20-47(37)2)25-42(51-5)44(45(43)54-41)52-27-33(48)8-6-7-28-9-10-28/h11-16,23-26,28,33,36-37,48H,6-10,17-22,27H2,1-5H3/t33?,36-,37-/m0/s1. The molecule has 0 aromatic heterocycles. The van der Waals surface area contributed by atoms with Gasteiger partial charge in [-0.05, 0) is 122 Å². The fourth-order valence-electron chi connectivity index (χ4n) is 8.53. The second kappa shape index (κ2) is 15.7. The fourth-order valence-corrected chi connectivity index (χ4v) is 8.53. The lowest BCUT2D eigenvalue weighted by Gasteiger charge is -2.37. The van der Waals surface area contributed by atoms with Crippen LogP contribution in [0.25, 0.3) is 0 Å². The zero-order valence-electron chi connectivity index (χ0n) is 32.4. The average Bonchev–Trinajstić information content (AvgIpc) is 4.01. The number of hydrogen-bond acceptors (Lipinski definition) is 9. The number of aliphatic hydroxyl groups excluding tert-OH is 1. The number of likely N-dealkylation sites (N-methyl/N-ethyl adjacent to an activating group) is 2. The summed E-state index contributed by atoms with van der Waals surface area (Å²) in [6.07, 6.45) is 8.13. The van der Waals surface area contributed by atoms with Gasteiger partial charge in [0.2, 0.25) is 5.75 Å². The first-order chi connectivity index (χ1) is 26.3. The first kappa shape index (κ1) is 36.5. The third-order valence-corrected chi connectivity index (χ3v) is 11.9. The maximum Gasteiger partial charge on any atom is 0.204 e. The van der Waals surface area contributed by atoms with Crippen LogP contribution in [0, 0.1) is 5.92 Å². The largest absolute Gasteiger partial charge is 0.493 e. The molecule has 1 fully saturated rings. The van der Waals surface area contributed by atoms with Gasteiger partial charge in [0.25, 0.3) is 0 Å². The van der Waals surface area contributed by atoms with Crippen molar-refractivity contribution in [3.63, 3.8) is 0 Å². The van der Waals surface area contributed by atoms with E-state index in [1.54, 1.807) is 21.3 Å². The van der Waals surface area contributed by atoms with Crippen LogP contribution in [0.3, 0.4) is 0 Å². The minimum absolute atomic E-state index is 0.0672. The Labute approximate surface area is 319 Å². The first-order valence-corrected chi connectivity index (χ1v) is 19.6. The normalized spacial score (nSPS) is 20.1. The van der Waals surface area contributed by atoms with Gasteiger partial charge in [0.15, 0.2) is 34.5 Å². The summed E-state index contributed by atoms with van der Waals surface area (Å²) < 4.78 is 38.2. The van der Waals surface area contributed by atoms with Crippen LogP contribution in [-0.2, 0) is 25.7 Å². The fraction of sp³-hybridized carbons (Fsp3) is 0.467. The smallest absolute Gasteiger partial charge is 0.204 e. The number of aliphatic hydroxyl groups is 1. The van der Waals surface area contributed by atoms with Crippen LogP contribution >= 0.6 is 0 Å². The number of fused-ring (bicyclic) bond motifs is 2. The summed E-state index contributed by atoms with van der Waals surface area (Å²) in [5, 5.41) is 11.1. The summed E-state index contributed by atoms with van der Waals surface area (Å²) in [4.78, 5) is 4.81. The lowest BCUT2D eigenvalue weighted by atomic mass is 9.87. The van der Waals surface area contributed by atoms with Crippen LogP contribution < -0.4 is 28.4 Å². The second-order valence-electron chi connectivity index (χ2n) is 15.6. The highest BCUT2D eigenvalue weighted by atomic mass is 16.6. The molecule has 5 aliphatic rings. The highest BCUT2D eigenvalue weighted by molar-refractivity contribution is 5.64. The average molecular weight is 735 g/mol. The molecule has 1 N–H and O–H groups in total. The van der Waals surface area contributed by atoms with Crippen molar-refractivity contribution in [2.45, 2.75) is 76.0 Å². The molecule has 6 bridgehead atoms. The Morgan fingerprint density at radius 3 is 2.15 bits per heavy atom. The molecule has 9 rings (SSSR count). The molecular formula is C45H54N2O7. The quantitative estimate of drug-likeness (QED) is 0.173. The summed E-state index contributed by atoms with van der Waals surface area (Å²) in [7, 11) is 9.42. The van der Waals surface area contributed by atoms with E-state index in [4.69, 9.17) is 28.4 Å². The Balaban J connectivity index is 1.28. The molecule has 4 aromatic carbocycles. The van der Waals surface area contributed by atoms with E-state index in [0.29, 0.717) is 53.1 Å². The molecule has 4 heterocycles. The van der Waals surface area contributed by atoms with Crippen LogP contribution in [0.1, 0.15) is 77.6 Å². The maximum atomic E-state index is 11.1. The highest BCUT2D eigenvalue weighted by Gasteiger charge is 2.35. The van der Waals surface area contributed by atoms with Gasteiger partial charge in [0, 0.05) is 30.7 Å². The van der Waals surface area contributed by atoms with E-state index in [2.05, 4.69) is 66.4 Å². The molecule has 3 atom stereocenters. The van der Waals surface area contributed by atoms with Gasteiger partial charge in [0.1, 0.15) is 12.4 Å². The minimum Gasteiger partial charge on any atom is -0.493 e. The summed E-state index contributed by atoms with van der Waals surface area (Å²) in [5.74, 6) is 5.94. The van der Waals surface area contributed by atoms with Crippen LogP contribution in [0.4, 0.5) is 0 Å². The van der Waals surface area contributed by atoms with E-state index in [1.807, 2.05) is 18.2 Å². The van der Waals surface area contributed by atoms with Gasteiger partial charge < -0.3 is 33.5 Å². The van der Waals surface area contributed by atoms with Gasteiger partial charge in [-0.1, -0.05) is 43.9 Å². The molecule has 9 nitrogen and oxygen atoms in total. The molecular weight excluding hydrogens is 681 g/mol. The molecule has 1 unspecified atom stereocenters. The van der Waals surface area contributed by atoms with Gasteiger partial charge in [-0.2, -0.15) is 0 Å². The Bertz CT molecular complexity index is 1960. The lowest BCUT2D eigenvalue weighted by molar-refractivity contribution is 0.0939. The van der Waals surface area contributed by atoms with Crippen LogP contribution in [0.15, 0.2) is 60.7 Å². The van der Waals surface area contributed by atoms with Crippen molar-refractivity contribution in [2.75, 3.05) is 55.1 Å². The molecule has 4 aliphatic heterocycles. The summed E-state index contributed by atoms with van der Waals surface area (Å²) in [5.41, 5.74) is 6.99. The molecule has 9 heteroatoms. The van der Waals surface area contributed by atoms with Crippen LogP contribution in [0.2, 0.25) is 0 Å². The number of ether oxygens (including phenoxy) is 6. The van der Waals surface area contributed by atoms with E-state index in [0.717, 1.165) is 67.1 Å². The molecule has 4 aromatic rings. The van der Waals surface area contributed by atoms with E-state index in [-0.39, 0.29) is 18.7 Å². The zero-order chi connectivity index (χ0) is 37.3. The van der Waals surface area contributed by atoms with E-state index >= 15 is 0 Å². The SMILES string of the molecule is COc1ccc2cc1Oc1ccc(cc1)C[C@H]1c3cc(c(OC)cc3CCN1C)Oc1c(OCC(O)CCCC3CC3)c(OC)cc3c1[C@H](C2)N(C)CC3. The molecule has 0 radical (unpaired) electrons. The predicted octanol–water partition coefficient (Wildman–Crippen LogP) is 8.47. The first-order valence-electron chi connectivity index (χ1n) is 19.6. The Kier molecular flexibility index (Phi) is 10.6. The number of nitrogens with zero attached hydrogens (tertiary/aromatic N) is 2. The van der Waals surface area contributed by atoms with Gasteiger partial charge in [-0.25, -0.2) is 0 Å². The Morgan fingerprint density at radius 1 is 0.741 bits per heavy atom. The summed E-state index contributed by atoms with van der Waals surface area (Å²) >= 11 is 0. The molecule has 0 spiro atoms. The molecule has 0 saturated heterocycles. The third kappa shape index (κ3) is 7.59. The van der Waals surface area contributed by atoms with Gasteiger partial charge in [0.05, 0.1) is 27.4 Å². The van der Waals surface area contributed by atoms with Crippen molar-refractivity contribution < 1.29 is 33.5 Å². The van der Waals surface area contributed by atoms with Gasteiger partial charge >= 0.3 is 0 Å². The highest BCUT2D eigenvalue weighted by Crippen LogP contribution is 2.52. The molecule has 286 valence electrons. The number of methoxy groups -OCH3 is 3. The third-order valence-electron chi connectivity index (χ3n) is 11.9. The van der Waals surface area contributed by atoms with Crippen LogP contribution in [-0.4, -0.2) is 76.1 Å². The summed E-state index contributed by atoms with van der Waals surface area (Å²) in [6.45, 7) is 1.95. The van der Waals surface area contributed by atoms with E-state index < -0.39 is 6.10 Å². The number of hydrogen-bond donors (Lipinski definition) is 1. The Morgan fingerprint density at radius 2 is 1.41 bits per heavy atom. The number of benzene rings is 4. The Hall–Kier alpha value is -4.44. The topological polar surface area (TPSA) is 82.1 Å². The molecule has 0 amide bonds. The monoisotopic (exact) mass is 734 g/mol. The van der Waals surface area contributed by atoms with Crippen molar-refractivity contribution in [3.05, 3.63) is 94.0 Å². The van der Waals surface area contributed by atoms with Crippen LogP contribution in [0.5, 0.6) is 46.0 Å². The second-order valence-corrected chi connectivity index (χ2v) is 15.6. The predicted molar refractivity (Wildman–Crippen MR) is 209 cm³/mol. The van der Waals surface area contributed by atoms with Crippen molar-refractivity contribution >= 4 is 0 Å². The van der Waals surface area contributed by atoms with Crippen molar-refractivity contribution in [2.24, 2.45) is 5.92 Å². The van der Waals surface area contributed by atoms with Crippen molar-refractivity contribution in [3.8, 4) is 46.0 Å². The zero-order valence-corrected chi connectivity index (χ0v) is 32.4. The van der Waals surface area contributed by atoms with E-state index in [1.165, 1.54) is 36.0 Å². The van der Waals surface area contributed by atoms with Crippen molar-refractivity contribution in [1.29, 1.82) is 0 Å². The van der Waals surface area contributed by atoms with Gasteiger partial charge in [-0.15, -0.1) is 0 Å². The van der Waals surface area contributed by atoms with Crippen molar-refractivity contribution in [1.82, 2.24) is 9.80 Å². The van der Waals surface area contributed by atoms with E-state index in [9.17, 15) is 5.11 Å².